The molecule has 3 aromatic rings. The van der Waals surface area contributed by atoms with E-state index in [1.165, 1.54) is 6.07 Å². The van der Waals surface area contributed by atoms with Crippen LogP contribution in [0.4, 0.5) is 15.8 Å². The van der Waals surface area contributed by atoms with Crippen molar-refractivity contribution in [2.24, 2.45) is 0 Å². The quantitative estimate of drug-likeness (QED) is 0.661. The van der Waals surface area contributed by atoms with E-state index in [9.17, 15) is 9.18 Å². The van der Waals surface area contributed by atoms with Crippen molar-refractivity contribution in [3.63, 3.8) is 0 Å². The van der Waals surface area contributed by atoms with E-state index in [1.807, 2.05) is 0 Å². The summed E-state index contributed by atoms with van der Waals surface area (Å²) < 4.78 is 19.1. The van der Waals surface area contributed by atoms with E-state index >= 15 is 0 Å². The number of nitrogens with two attached hydrogens (primary N) is 2. The van der Waals surface area contributed by atoms with Gasteiger partial charge in [-0.2, -0.15) is 0 Å². The van der Waals surface area contributed by atoms with Gasteiger partial charge in [0.15, 0.2) is 11.0 Å². The molecular formula is C14H10FN3O2. The number of fused-ring (bicyclic) bond motifs is 1. The normalized spacial score (nSPS) is 10.8. The zero-order valence-corrected chi connectivity index (χ0v) is 10.3. The Morgan fingerprint density at radius 1 is 1.20 bits per heavy atom. The monoisotopic (exact) mass is 271 g/mol. The van der Waals surface area contributed by atoms with Crippen molar-refractivity contribution >= 4 is 22.3 Å². The van der Waals surface area contributed by atoms with Crippen LogP contribution in [0.1, 0.15) is 0 Å². The summed E-state index contributed by atoms with van der Waals surface area (Å²) in [6, 6.07) is 5.75. The lowest BCUT2D eigenvalue weighted by Crippen LogP contribution is -2.06. The van der Waals surface area contributed by atoms with Gasteiger partial charge in [-0.3, -0.25) is 9.78 Å². The largest absolute Gasteiger partial charge is 0.453 e. The van der Waals surface area contributed by atoms with Gasteiger partial charge in [-0.1, -0.05) is 0 Å². The van der Waals surface area contributed by atoms with Crippen molar-refractivity contribution in [2.75, 3.05) is 11.5 Å². The lowest BCUT2D eigenvalue weighted by molar-refractivity contribution is 0.612. The average Bonchev–Trinajstić information content (AvgIpc) is 2.47. The summed E-state index contributed by atoms with van der Waals surface area (Å²) in [6.07, 6.45) is 3.15. The third-order valence-electron chi connectivity index (χ3n) is 2.99. The van der Waals surface area contributed by atoms with Gasteiger partial charge in [-0.25, -0.2) is 4.39 Å². The van der Waals surface area contributed by atoms with E-state index < -0.39 is 11.2 Å². The van der Waals surface area contributed by atoms with Crippen molar-refractivity contribution in [3.05, 3.63) is 52.7 Å². The highest BCUT2D eigenvalue weighted by molar-refractivity contribution is 5.94. The fourth-order valence-electron chi connectivity index (χ4n) is 1.95. The van der Waals surface area contributed by atoms with Crippen molar-refractivity contribution in [1.82, 2.24) is 4.98 Å². The Morgan fingerprint density at radius 3 is 2.70 bits per heavy atom. The number of hydrogen-bond acceptors (Lipinski definition) is 5. The van der Waals surface area contributed by atoms with Gasteiger partial charge >= 0.3 is 0 Å². The van der Waals surface area contributed by atoms with Gasteiger partial charge in [0.2, 0.25) is 0 Å². The summed E-state index contributed by atoms with van der Waals surface area (Å²) in [5.74, 6) is -0.440. The van der Waals surface area contributed by atoms with Crippen LogP contribution in [-0.4, -0.2) is 4.98 Å². The molecule has 0 saturated heterocycles. The fraction of sp³-hybridized carbons (Fsp3) is 0. The van der Waals surface area contributed by atoms with E-state index in [1.54, 1.807) is 24.5 Å². The van der Waals surface area contributed by atoms with Gasteiger partial charge < -0.3 is 15.9 Å². The number of nitrogen functional groups attached to an aromatic ring is 2. The van der Waals surface area contributed by atoms with Crippen LogP contribution in [0.25, 0.3) is 22.3 Å². The summed E-state index contributed by atoms with van der Waals surface area (Å²) in [7, 11) is 0. The molecule has 2 heterocycles. The molecule has 5 nitrogen and oxygen atoms in total. The maximum Gasteiger partial charge on any atom is 0.193 e. The van der Waals surface area contributed by atoms with Crippen LogP contribution < -0.4 is 16.9 Å². The SMILES string of the molecule is Nc1c(F)cc2c(=O)cc(-c3cccnc3)oc2c1N. The van der Waals surface area contributed by atoms with Gasteiger partial charge in [0, 0.05) is 24.0 Å². The molecule has 0 atom stereocenters. The van der Waals surface area contributed by atoms with E-state index in [0.29, 0.717) is 11.3 Å². The van der Waals surface area contributed by atoms with Crippen LogP contribution >= 0.6 is 0 Å². The number of pyridine rings is 1. The second kappa shape index (κ2) is 4.34. The maximum atomic E-state index is 13.5. The second-order valence-corrected chi connectivity index (χ2v) is 4.28. The zero-order chi connectivity index (χ0) is 14.3. The van der Waals surface area contributed by atoms with E-state index in [0.717, 1.165) is 6.07 Å². The smallest absolute Gasteiger partial charge is 0.193 e. The molecule has 0 aliphatic heterocycles. The highest BCUT2D eigenvalue weighted by atomic mass is 19.1. The van der Waals surface area contributed by atoms with Crippen LogP contribution in [0.5, 0.6) is 0 Å². The highest BCUT2D eigenvalue weighted by Crippen LogP contribution is 2.30. The van der Waals surface area contributed by atoms with Crippen molar-refractivity contribution in [1.29, 1.82) is 0 Å². The molecule has 1 aromatic carbocycles. The molecule has 0 spiro atoms. The predicted molar refractivity (Wildman–Crippen MR) is 74.5 cm³/mol. The molecule has 6 heteroatoms. The third-order valence-corrected chi connectivity index (χ3v) is 2.99. The van der Waals surface area contributed by atoms with Gasteiger partial charge in [0.1, 0.15) is 17.3 Å². The average molecular weight is 271 g/mol. The summed E-state index contributed by atoms with van der Waals surface area (Å²) in [6.45, 7) is 0. The number of rotatable bonds is 1. The van der Waals surface area contributed by atoms with Gasteiger partial charge in [0.05, 0.1) is 11.1 Å². The highest BCUT2D eigenvalue weighted by Gasteiger charge is 2.14. The van der Waals surface area contributed by atoms with Crippen LogP contribution in [-0.2, 0) is 0 Å². The Kier molecular flexibility index (Phi) is 2.64. The second-order valence-electron chi connectivity index (χ2n) is 4.28. The van der Waals surface area contributed by atoms with Crippen LogP contribution in [0.3, 0.4) is 0 Å². The molecule has 4 N–H and O–H groups in total. The Bertz CT molecular complexity index is 860. The van der Waals surface area contributed by atoms with Crippen molar-refractivity contribution in [3.8, 4) is 11.3 Å². The molecule has 0 unspecified atom stereocenters. The first-order valence-corrected chi connectivity index (χ1v) is 5.79. The summed E-state index contributed by atoms with van der Waals surface area (Å²) in [4.78, 5) is 16.0. The first-order chi connectivity index (χ1) is 9.58. The van der Waals surface area contributed by atoms with Crippen LogP contribution in [0, 0.1) is 5.82 Å². The Morgan fingerprint density at radius 2 is 2.00 bits per heavy atom. The molecular weight excluding hydrogens is 261 g/mol. The minimum Gasteiger partial charge on any atom is -0.453 e. The molecule has 0 saturated carbocycles. The van der Waals surface area contributed by atoms with E-state index in [-0.39, 0.29) is 22.3 Å². The van der Waals surface area contributed by atoms with Crippen LogP contribution in [0.2, 0.25) is 0 Å². The molecule has 20 heavy (non-hydrogen) atoms. The van der Waals surface area contributed by atoms with E-state index in [2.05, 4.69) is 4.98 Å². The molecule has 0 aliphatic carbocycles. The molecule has 3 rings (SSSR count). The van der Waals surface area contributed by atoms with Crippen LogP contribution in [0.15, 0.2) is 45.9 Å². The third kappa shape index (κ3) is 1.78. The Labute approximate surface area is 112 Å². The van der Waals surface area contributed by atoms with E-state index in [4.69, 9.17) is 15.9 Å². The Hall–Kier alpha value is -2.89. The standard InChI is InChI=1S/C14H10FN3O2/c15-9-4-8-10(19)5-11(7-2-1-3-18-6-7)20-14(8)13(17)12(9)16/h1-6H,16-17H2. The minimum absolute atomic E-state index is 0.0573. The summed E-state index contributed by atoms with van der Waals surface area (Å²) in [5.41, 5.74) is 11.2. The number of aromatic nitrogens is 1. The van der Waals surface area contributed by atoms with Crippen molar-refractivity contribution in [2.45, 2.75) is 0 Å². The van der Waals surface area contributed by atoms with Gasteiger partial charge in [-0.15, -0.1) is 0 Å². The number of nitrogens with zero attached hydrogens (tertiary/aromatic N) is 1. The summed E-state index contributed by atoms with van der Waals surface area (Å²) in [5, 5.41) is 0.0573. The predicted octanol–water partition coefficient (Wildman–Crippen LogP) is 2.16. The first-order valence-electron chi connectivity index (χ1n) is 5.79. The lowest BCUT2D eigenvalue weighted by Gasteiger charge is -2.07. The molecule has 0 aliphatic rings. The molecule has 0 fully saturated rings. The number of hydrogen-bond donors (Lipinski definition) is 2. The fourth-order valence-corrected chi connectivity index (χ4v) is 1.95. The maximum absolute atomic E-state index is 13.5. The topological polar surface area (TPSA) is 95.1 Å². The zero-order valence-electron chi connectivity index (χ0n) is 10.3. The van der Waals surface area contributed by atoms with Crippen molar-refractivity contribution < 1.29 is 8.81 Å². The number of halogens is 1. The Balaban J connectivity index is 2.38. The van der Waals surface area contributed by atoms with Gasteiger partial charge in [-0.05, 0) is 18.2 Å². The molecule has 100 valence electrons. The van der Waals surface area contributed by atoms with Gasteiger partial charge in [0.25, 0.3) is 0 Å². The number of anilines is 2. The lowest BCUT2D eigenvalue weighted by atomic mass is 10.1. The number of benzene rings is 1. The first kappa shape index (κ1) is 12.2. The molecule has 0 radical (unpaired) electrons. The minimum atomic E-state index is -0.739. The summed E-state index contributed by atoms with van der Waals surface area (Å²) >= 11 is 0. The molecule has 0 bridgehead atoms. The molecule has 0 amide bonds. The molecule has 2 aromatic heterocycles.